The molecule has 1 rings (SSSR count). The van der Waals surface area contributed by atoms with Crippen LogP contribution in [-0.4, -0.2) is 29.6 Å². The molecule has 16 heavy (non-hydrogen) atoms. The Kier molecular flexibility index (Phi) is 4.78. The molecule has 1 aliphatic rings. The first-order chi connectivity index (χ1) is 7.43. The van der Waals surface area contributed by atoms with Crippen molar-refractivity contribution in [1.29, 1.82) is 0 Å². The van der Waals surface area contributed by atoms with Crippen molar-refractivity contribution < 1.29 is 4.79 Å². The molecule has 0 spiro atoms. The van der Waals surface area contributed by atoms with Crippen LogP contribution in [0.5, 0.6) is 0 Å². The van der Waals surface area contributed by atoms with Crippen LogP contribution < -0.4 is 5.32 Å². The van der Waals surface area contributed by atoms with Gasteiger partial charge in [0.15, 0.2) is 0 Å². The Balaban J connectivity index is 2.50. The molecule has 0 bridgehead atoms. The predicted molar refractivity (Wildman–Crippen MR) is 67.0 cm³/mol. The van der Waals surface area contributed by atoms with E-state index in [1.165, 1.54) is 6.42 Å². The Morgan fingerprint density at radius 1 is 1.31 bits per heavy atom. The second-order valence-electron chi connectivity index (χ2n) is 5.64. The van der Waals surface area contributed by atoms with Crippen molar-refractivity contribution >= 4 is 5.91 Å². The number of amides is 1. The van der Waals surface area contributed by atoms with Crippen molar-refractivity contribution in [2.45, 2.75) is 59.7 Å². The summed E-state index contributed by atoms with van der Waals surface area (Å²) in [6, 6.07) is -0.00792. The third-order valence-corrected chi connectivity index (χ3v) is 3.22. The summed E-state index contributed by atoms with van der Waals surface area (Å²) >= 11 is 0. The normalized spacial score (nSPS) is 26.2. The molecular formula is C13H26N2O. The van der Waals surface area contributed by atoms with E-state index in [4.69, 9.17) is 0 Å². The van der Waals surface area contributed by atoms with E-state index in [9.17, 15) is 4.79 Å². The van der Waals surface area contributed by atoms with Crippen LogP contribution in [0.3, 0.4) is 0 Å². The predicted octanol–water partition coefficient (Wildman–Crippen LogP) is 2.22. The summed E-state index contributed by atoms with van der Waals surface area (Å²) in [6.07, 6.45) is 2.54. The molecule has 0 saturated carbocycles. The number of hydrogen-bond acceptors (Lipinski definition) is 2. The molecule has 1 heterocycles. The topological polar surface area (TPSA) is 32.3 Å². The minimum Gasteiger partial charge on any atom is -0.326 e. The van der Waals surface area contributed by atoms with Crippen molar-refractivity contribution in [1.82, 2.24) is 10.2 Å². The lowest BCUT2D eigenvalue weighted by Crippen LogP contribution is -2.41. The molecule has 0 aromatic heterocycles. The SMILES string of the molecule is CC(C)CCCN1C(=O)C(C)NC1C(C)C. The van der Waals surface area contributed by atoms with Crippen LogP contribution in [0, 0.1) is 11.8 Å². The van der Waals surface area contributed by atoms with E-state index < -0.39 is 0 Å². The lowest BCUT2D eigenvalue weighted by Gasteiger charge is -2.27. The van der Waals surface area contributed by atoms with E-state index in [-0.39, 0.29) is 18.1 Å². The number of rotatable bonds is 5. The van der Waals surface area contributed by atoms with Gasteiger partial charge in [-0.3, -0.25) is 10.1 Å². The highest BCUT2D eigenvalue weighted by molar-refractivity contribution is 5.83. The lowest BCUT2D eigenvalue weighted by atomic mass is 10.1. The molecule has 1 saturated heterocycles. The van der Waals surface area contributed by atoms with E-state index >= 15 is 0 Å². The molecule has 3 nitrogen and oxygen atoms in total. The van der Waals surface area contributed by atoms with E-state index in [1.54, 1.807) is 0 Å². The first kappa shape index (κ1) is 13.5. The third kappa shape index (κ3) is 3.21. The summed E-state index contributed by atoms with van der Waals surface area (Å²) in [5.41, 5.74) is 0. The van der Waals surface area contributed by atoms with Crippen molar-refractivity contribution in [3.8, 4) is 0 Å². The van der Waals surface area contributed by atoms with E-state index in [2.05, 4.69) is 33.0 Å². The maximum atomic E-state index is 12.0. The number of hydrogen-bond donors (Lipinski definition) is 1. The maximum Gasteiger partial charge on any atom is 0.240 e. The monoisotopic (exact) mass is 226 g/mol. The third-order valence-electron chi connectivity index (χ3n) is 3.22. The Hall–Kier alpha value is -0.570. The largest absolute Gasteiger partial charge is 0.326 e. The Bertz CT molecular complexity index is 238. The van der Waals surface area contributed by atoms with Crippen LogP contribution in [0.2, 0.25) is 0 Å². The molecule has 1 fully saturated rings. The summed E-state index contributed by atoms with van der Waals surface area (Å²) in [4.78, 5) is 14.0. The van der Waals surface area contributed by atoms with Crippen LogP contribution in [0.25, 0.3) is 0 Å². The fraction of sp³-hybridized carbons (Fsp3) is 0.923. The van der Waals surface area contributed by atoms with Crippen molar-refractivity contribution in [3.63, 3.8) is 0 Å². The molecule has 0 radical (unpaired) electrons. The van der Waals surface area contributed by atoms with Gasteiger partial charge in [-0.1, -0.05) is 27.7 Å². The average Bonchev–Trinajstić information content (AvgIpc) is 2.45. The van der Waals surface area contributed by atoms with Gasteiger partial charge in [0.2, 0.25) is 5.91 Å². The van der Waals surface area contributed by atoms with E-state index in [0.717, 1.165) is 18.9 Å². The molecule has 0 aromatic carbocycles. The van der Waals surface area contributed by atoms with Crippen molar-refractivity contribution in [2.24, 2.45) is 11.8 Å². The van der Waals surface area contributed by atoms with E-state index in [0.29, 0.717) is 5.92 Å². The molecule has 2 atom stereocenters. The minimum absolute atomic E-state index is 0.00792. The highest BCUT2D eigenvalue weighted by Crippen LogP contribution is 2.18. The van der Waals surface area contributed by atoms with Gasteiger partial charge in [0.25, 0.3) is 0 Å². The van der Waals surface area contributed by atoms with Crippen molar-refractivity contribution in [2.75, 3.05) is 6.54 Å². The Morgan fingerprint density at radius 2 is 1.94 bits per heavy atom. The van der Waals surface area contributed by atoms with Gasteiger partial charge in [-0.25, -0.2) is 0 Å². The van der Waals surface area contributed by atoms with Gasteiger partial charge in [0.05, 0.1) is 12.2 Å². The quantitative estimate of drug-likeness (QED) is 0.779. The van der Waals surface area contributed by atoms with E-state index in [1.807, 2.05) is 11.8 Å². The van der Waals surface area contributed by atoms with Gasteiger partial charge in [-0.15, -0.1) is 0 Å². The van der Waals surface area contributed by atoms with Gasteiger partial charge >= 0.3 is 0 Å². The molecule has 1 aliphatic heterocycles. The van der Waals surface area contributed by atoms with Crippen LogP contribution >= 0.6 is 0 Å². The number of carbonyl (C=O) groups is 1. The van der Waals surface area contributed by atoms with Crippen LogP contribution in [0.4, 0.5) is 0 Å². The second-order valence-corrected chi connectivity index (χ2v) is 5.64. The number of carbonyl (C=O) groups excluding carboxylic acids is 1. The highest BCUT2D eigenvalue weighted by Gasteiger charge is 2.36. The van der Waals surface area contributed by atoms with Gasteiger partial charge < -0.3 is 4.90 Å². The number of nitrogens with one attached hydrogen (secondary N) is 1. The first-order valence-electron chi connectivity index (χ1n) is 6.50. The van der Waals surface area contributed by atoms with Gasteiger partial charge in [-0.05, 0) is 31.6 Å². The van der Waals surface area contributed by atoms with Crippen LogP contribution in [0.1, 0.15) is 47.5 Å². The molecule has 1 N–H and O–H groups in total. The molecule has 3 heteroatoms. The summed E-state index contributed by atoms with van der Waals surface area (Å²) in [5, 5.41) is 3.37. The Morgan fingerprint density at radius 3 is 2.44 bits per heavy atom. The Labute approximate surface area is 99.6 Å². The minimum atomic E-state index is -0.00792. The number of nitrogens with zero attached hydrogens (tertiary/aromatic N) is 1. The summed E-state index contributed by atoms with van der Waals surface area (Å²) in [5.74, 6) is 1.47. The average molecular weight is 226 g/mol. The van der Waals surface area contributed by atoms with Gasteiger partial charge in [0, 0.05) is 6.54 Å². The molecule has 0 aliphatic carbocycles. The molecule has 1 amide bonds. The molecule has 94 valence electrons. The fourth-order valence-corrected chi connectivity index (χ4v) is 2.27. The fourth-order valence-electron chi connectivity index (χ4n) is 2.27. The zero-order chi connectivity index (χ0) is 12.3. The van der Waals surface area contributed by atoms with Crippen molar-refractivity contribution in [3.05, 3.63) is 0 Å². The standard InChI is InChI=1S/C13H26N2O/c1-9(2)7-6-8-15-12(10(3)4)14-11(5)13(15)16/h9-12,14H,6-8H2,1-5H3. The summed E-state index contributed by atoms with van der Waals surface area (Å²) in [7, 11) is 0. The first-order valence-corrected chi connectivity index (χ1v) is 6.50. The summed E-state index contributed by atoms with van der Waals surface area (Å²) < 4.78 is 0. The zero-order valence-electron chi connectivity index (χ0n) is 11.3. The summed E-state index contributed by atoms with van der Waals surface area (Å²) in [6.45, 7) is 11.6. The van der Waals surface area contributed by atoms with Gasteiger partial charge in [0.1, 0.15) is 0 Å². The molecule has 2 unspecified atom stereocenters. The van der Waals surface area contributed by atoms with Crippen LogP contribution in [0.15, 0.2) is 0 Å². The molecular weight excluding hydrogens is 200 g/mol. The smallest absolute Gasteiger partial charge is 0.240 e. The highest BCUT2D eigenvalue weighted by atomic mass is 16.2. The second kappa shape index (κ2) is 5.67. The van der Waals surface area contributed by atoms with Gasteiger partial charge in [-0.2, -0.15) is 0 Å². The van der Waals surface area contributed by atoms with Crippen LogP contribution in [-0.2, 0) is 4.79 Å². The maximum absolute atomic E-state index is 12.0. The molecule has 0 aromatic rings. The lowest BCUT2D eigenvalue weighted by molar-refractivity contribution is -0.130. The zero-order valence-corrected chi connectivity index (χ0v) is 11.3.